The minimum Gasteiger partial charge on any atom is -0.449 e. The Balaban J connectivity index is 1.83. The average molecular weight is 448 g/mol. The van der Waals surface area contributed by atoms with Crippen LogP contribution in [-0.2, 0) is 22.7 Å². The third kappa shape index (κ3) is 4.43. The number of anilines is 1. The molecule has 0 bridgehead atoms. The van der Waals surface area contributed by atoms with E-state index in [1.807, 2.05) is 19.1 Å². The summed E-state index contributed by atoms with van der Waals surface area (Å²) < 4.78 is 7.71. The van der Waals surface area contributed by atoms with Crippen molar-refractivity contribution in [2.75, 3.05) is 5.32 Å². The van der Waals surface area contributed by atoms with Crippen LogP contribution >= 0.6 is 0 Å². The highest BCUT2D eigenvalue weighted by Crippen LogP contribution is 2.25. The van der Waals surface area contributed by atoms with Gasteiger partial charge in [-0.25, -0.2) is 9.36 Å². The molecule has 0 radical (unpaired) electrons. The topological polar surface area (TPSA) is 115 Å². The van der Waals surface area contributed by atoms with E-state index < -0.39 is 29.6 Å². The van der Waals surface area contributed by atoms with Crippen molar-refractivity contribution in [2.45, 2.75) is 39.9 Å². The molecule has 0 aliphatic carbocycles. The first-order valence-corrected chi connectivity index (χ1v) is 10.6. The van der Waals surface area contributed by atoms with Crippen molar-refractivity contribution in [2.24, 2.45) is 0 Å². The molecule has 4 rings (SSSR count). The van der Waals surface area contributed by atoms with Crippen LogP contribution < -0.4 is 21.9 Å². The zero-order chi connectivity index (χ0) is 23.7. The number of carbonyl (C=O) groups is 2. The summed E-state index contributed by atoms with van der Waals surface area (Å²) in [5.74, 6) is -0.943. The van der Waals surface area contributed by atoms with E-state index >= 15 is 0 Å². The molecule has 2 aromatic heterocycles. The molecule has 0 aliphatic rings. The number of carbonyl (C=O) groups excluding carboxylic acids is 2. The van der Waals surface area contributed by atoms with Crippen LogP contribution in [0, 0.1) is 6.92 Å². The molecule has 0 unspecified atom stereocenters. The molecule has 9 nitrogen and oxygen atoms in total. The third-order valence-corrected chi connectivity index (χ3v) is 5.10. The largest absolute Gasteiger partial charge is 0.449 e. The van der Waals surface area contributed by atoms with Crippen LogP contribution in [0.25, 0.3) is 22.1 Å². The van der Waals surface area contributed by atoms with Crippen molar-refractivity contribution in [1.29, 1.82) is 0 Å². The molecule has 2 N–H and O–H groups in total. The first-order valence-electron chi connectivity index (χ1n) is 10.6. The Hall–Kier alpha value is -4.14. The molecule has 33 heavy (non-hydrogen) atoms. The molecule has 0 atom stereocenters. The summed E-state index contributed by atoms with van der Waals surface area (Å²) in [7, 11) is 0. The van der Waals surface area contributed by atoms with Gasteiger partial charge in [0.1, 0.15) is 24.2 Å². The molecule has 0 saturated carbocycles. The number of para-hydroxylation sites is 1. The van der Waals surface area contributed by atoms with E-state index in [1.165, 1.54) is 4.57 Å². The Morgan fingerprint density at radius 3 is 2.42 bits per heavy atom. The van der Waals surface area contributed by atoms with Gasteiger partial charge in [-0.05, 0) is 50.6 Å². The number of benzene rings is 2. The molecule has 0 aliphatic heterocycles. The van der Waals surface area contributed by atoms with Gasteiger partial charge in [0, 0.05) is 17.1 Å². The van der Waals surface area contributed by atoms with Gasteiger partial charge in [0.15, 0.2) is 0 Å². The highest BCUT2D eigenvalue weighted by molar-refractivity contribution is 6.03. The zero-order valence-corrected chi connectivity index (χ0v) is 18.5. The molecule has 170 valence electrons. The zero-order valence-electron chi connectivity index (χ0n) is 18.5. The molecule has 2 amide bonds. The molecule has 4 aromatic rings. The molecule has 0 saturated heterocycles. The number of hydrogen-bond donors (Lipinski definition) is 2. The number of aromatic nitrogens is 2. The SMILES string of the molecule is Cc1cccc(NC(=O)Cn2c(=O)n(CC(=O)NC(C)C)c(=O)c3oc4ccccc4c32)c1. The van der Waals surface area contributed by atoms with E-state index in [2.05, 4.69) is 10.6 Å². The van der Waals surface area contributed by atoms with Crippen molar-refractivity contribution in [1.82, 2.24) is 14.5 Å². The van der Waals surface area contributed by atoms with Crippen molar-refractivity contribution in [3.05, 3.63) is 74.9 Å². The lowest BCUT2D eigenvalue weighted by Crippen LogP contribution is -2.45. The highest BCUT2D eigenvalue weighted by atomic mass is 16.3. The Kier molecular flexibility index (Phi) is 5.87. The maximum atomic E-state index is 13.3. The summed E-state index contributed by atoms with van der Waals surface area (Å²) in [5.41, 5.74) is 0.611. The Morgan fingerprint density at radius 2 is 1.70 bits per heavy atom. The summed E-state index contributed by atoms with van der Waals surface area (Å²) in [5, 5.41) is 5.96. The summed E-state index contributed by atoms with van der Waals surface area (Å²) in [6, 6.07) is 14.0. The predicted molar refractivity (Wildman–Crippen MR) is 125 cm³/mol. The quantitative estimate of drug-likeness (QED) is 0.470. The van der Waals surface area contributed by atoms with Gasteiger partial charge in [0.25, 0.3) is 5.56 Å². The Labute approximate surface area is 188 Å². The van der Waals surface area contributed by atoms with Gasteiger partial charge in [-0.3, -0.25) is 19.0 Å². The standard InChI is InChI=1S/C24H24N4O5/c1-14(2)25-19(29)13-28-23(31)22-21(17-9-4-5-10-18(17)33-22)27(24(28)32)12-20(30)26-16-8-6-7-15(3)11-16/h4-11,14H,12-13H2,1-3H3,(H,25,29)(H,26,30). The maximum absolute atomic E-state index is 13.3. The second-order valence-corrected chi connectivity index (χ2v) is 8.18. The lowest BCUT2D eigenvalue weighted by atomic mass is 10.2. The maximum Gasteiger partial charge on any atom is 0.332 e. The second-order valence-electron chi connectivity index (χ2n) is 8.18. The number of nitrogens with one attached hydrogen (secondary N) is 2. The van der Waals surface area contributed by atoms with Gasteiger partial charge in [-0.2, -0.15) is 0 Å². The lowest BCUT2D eigenvalue weighted by molar-refractivity contribution is -0.122. The summed E-state index contributed by atoms with van der Waals surface area (Å²) in [6.07, 6.45) is 0. The van der Waals surface area contributed by atoms with Crippen molar-refractivity contribution < 1.29 is 14.0 Å². The Morgan fingerprint density at radius 1 is 0.970 bits per heavy atom. The van der Waals surface area contributed by atoms with E-state index in [4.69, 9.17) is 4.42 Å². The first-order chi connectivity index (χ1) is 15.7. The van der Waals surface area contributed by atoms with Gasteiger partial charge in [-0.1, -0.05) is 24.3 Å². The number of amides is 2. The van der Waals surface area contributed by atoms with Gasteiger partial charge < -0.3 is 15.1 Å². The van der Waals surface area contributed by atoms with Crippen molar-refractivity contribution in [3.8, 4) is 0 Å². The van der Waals surface area contributed by atoms with Crippen LogP contribution in [0.2, 0.25) is 0 Å². The van der Waals surface area contributed by atoms with E-state index in [1.54, 1.807) is 50.2 Å². The van der Waals surface area contributed by atoms with E-state index in [0.29, 0.717) is 16.7 Å². The minimum atomic E-state index is -0.766. The summed E-state index contributed by atoms with van der Waals surface area (Å²) >= 11 is 0. The monoisotopic (exact) mass is 448 g/mol. The Bertz CT molecular complexity index is 1490. The van der Waals surface area contributed by atoms with Gasteiger partial charge in [0.05, 0.1) is 0 Å². The third-order valence-electron chi connectivity index (χ3n) is 5.10. The van der Waals surface area contributed by atoms with Gasteiger partial charge >= 0.3 is 5.69 Å². The van der Waals surface area contributed by atoms with Crippen LogP contribution in [0.15, 0.2) is 62.5 Å². The van der Waals surface area contributed by atoms with E-state index in [-0.39, 0.29) is 23.7 Å². The van der Waals surface area contributed by atoms with Gasteiger partial charge in [-0.15, -0.1) is 0 Å². The van der Waals surface area contributed by atoms with E-state index in [0.717, 1.165) is 10.1 Å². The molecule has 0 spiro atoms. The number of aryl methyl sites for hydroxylation is 1. The number of hydrogen-bond acceptors (Lipinski definition) is 5. The van der Waals surface area contributed by atoms with Crippen LogP contribution in [0.5, 0.6) is 0 Å². The number of fused-ring (bicyclic) bond motifs is 3. The average Bonchev–Trinajstić information content (AvgIpc) is 3.13. The number of furan rings is 1. The molecule has 9 heteroatoms. The summed E-state index contributed by atoms with van der Waals surface area (Å²) in [4.78, 5) is 51.6. The van der Waals surface area contributed by atoms with Crippen LogP contribution in [0.3, 0.4) is 0 Å². The fourth-order valence-corrected chi connectivity index (χ4v) is 3.76. The molecule has 2 aromatic carbocycles. The number of rotatable bonds is 6. The molecule has 0 fully saturated rings. The van der Waals surface area contributed by atoms with Gasteiger partial charge in [0.2, 0.25) is 17.4 Å². The van der Waals surface area contributed by atoms with Crippen molar-refractivity contribution >= 4 is 39.6 Å². The van der Waals surface area contributed by atoms with Crippen LogP contribution in [-0.4, -0.2) is 27.0 Å². The number of nitrogens with zero attached hydrogens (tertiary/aromatic N) is 2. The second kappa shape index (κ2) is 8.78. The molecule has 2 heterocycles. The van der Waals surface area contributed by atoms with Crippen LogP contribution in [0.4, 0.5) is 5.69 Å². The fourth-order valence-electron chi connectivity index (χ4n) is 3.76. The molecular formula is C24H24N4O5. The molecular weight excluding hydrogens is 424 g/mol. The summed E-state index contributed by atoms with van der Waals surface area (Å²) in [6.45, 7) is 4.61. The van der Waals surface area contributed by atoms with E-state index in [9.17, 15) is 19.2 Å². The normalized spacial score (nSPS) is 11.3. The first kappa shape index (κ1) is 22.1. The highest BCUT2D eigenvalue weighted by Gasteiger charge is 2.22. The van der Waals surface area contributed by atoms with Crippen molar-refractivity contribution in [3.63, 3.8) is 0 Å². The lowest BCUT2D eigenvalue weighted by Gasteiger charge is -2.13. The van der Waals surface area contributed by atoms with Crippen LogP contribution in [0.1, 0.15) is 19.4 Å². The fraction of sp³-hybridized carbons (Fsp3) is 0.250. The smallest absolute Gasteiger partial charge is 0.332 e. The minimum absolute atomic E-state index is 0.0866. The predicted octanol–water partition coefficient (Wildman–Crippen LogP) is 2.38.